The summed E-state index contributed by atoms with van der Waals surface area (Å²) in [6, 6.07) is 7.72. The van der Waals surface area contributed by atoms with Gasteiger partial charge in [0.2, 0.25) is 0 Å². The Morgan fingerprint density at radius 1 is 1.45 bits per heavy atom. The third-order valence-electron chi connectivity index (χ3n) is 3.42. The van der Waals surface area contributed by atoms with Crippen molar-refractivity contribution in [3.8, 4) is 0 Å². The average Bonchev–Trinajstić information content (AvgIpc) is 3.16. The Kier molecular flexibility index (Phi) is 4.17. The molecule has 0 bridgehead atoms. The lowest BCUT2D eigenvalue weighted by atomic mass is 10.2. The Bertz CT molecular complexity index is 732. The highest BCUT2D eigenvalue weighted by molar-refractivity contribution is 7.10. The number of rotatable bonds is 5. The zero-order valence-electron chi connectivity index (χ0n) is 12.4. The van der Waals surface area contributed by atoms with Gasteiger partial charge in [0.15, 0.2) is 11.3 Å². The van der Waals surface area contributed by atoms with E-state index < -0.39 is 0 Å². The average molecular weight is 315 g/mol. The summed E-state index contributed by atoms with van der Waals surface area (Å²) in [6.07, 6.45) is 3.45. The highest BCUT2D eigenvalue weighted by Crippen LogP contribution is 2.22. The number of thiophene rings is 1. The molecule has 1 N–H and O–H groups in total. The van der Waals surface area contributed by atoms with Crippen LogP contribution in [0.1, 0.15) is 21.4 Å². The minimum Gasteiger partial charge on any atom is -0.349 e. The fourth-order valence-electron chi connectivity index (χ4n) is 2.24. The molecule has 0 spiro atoms. The van der Waals surface area contributed by atoms with Crippen LogP contribution in [0.25, 0.3) is 5.65 Å². The Morgan fingerprint density at radius 3 is 3.00 bits per heavy atom. The minimum absolute atomic E-state index is 0.152. The first-order chi connectivity index (χ1) is 10.6. The Morgan fingerprint density at radius 2 is 2.32 bits per heavy atom. The summed E-state index contributed by atoms with van der Waals surface area (Å²) in [7, 11) is 4.01. The molecule has 0 radical (unpaired) electrons. The van der Waals surface area contributed by atoms with E-state index in [0.29, 0.717) is 17.9 Å². The zero-order valence-corrected chi connectivity index (χ0v) is 13.2. The monoisotopic (exact) mass is 315 g/mol. The van der Waals surface area contributed by atoms with E-state index in [-0.39, 0.29) is 11.9 Å². The molecule has 7 heteroatoms. The van der Waals surface area contributed by atoms with Crippen molar-refractivity contribution in [2.45, 2.75) is 6.04 Å². The van der Waals surface area contributed by atoms with Gasteiger partial charge >= 0.3 is 0 Å². The maximum absolute atomic E-state index is 12.3. The van der Waals surface area contributed by atoms with E-state index in [1.54, 1.807) is 40.4 Å². The molecule has 0 aliphatic rings. The molecule has 3 aromatic rings. The number of nitrogens with one attached hydrogen (secondary N) is 1. The molecule has 0 aliphatic carbocycles. The topological polar surface area (TPSA) is 62.5 Å². The van der Waals surface area contributed by atoms with Crippen molar-refractivity contribution in [1.82, 2.24) is 24.8 Å². The third kappa shape index (κ3) is 3.00. The number of carbonyl (C=O) groups excluding carboxylic acids is 1. The first-order valence-corrected chi connectivity index (χ1v) is 7.81. The quantitative estimate of drug-likeness (QED) is 0.780. The predicted molar refractivity (Wildman–Crippen MR) is 86.1 cm³/mol. The molecule has 1 atom stereocenters. The van der Waals surface area contributed by atoms with Crippen molar-refractivity contribution in [1.29, 1.82) is 0 Å². The second-order valence-electron chi connectivity index (χ2n) is 5.16. The van der Waals surface area contributed by atoms with Gasteiger partial charge in [-0.15, -0.1) is 11.3 Å². The Balaban J connectivity index is 1.71. The molecule has 0 saturated carbocycles. The maximum atomic E-state index is 12.3. The molecule has 3 rings (SSSR count). The summed E-state index contributed by atoms with van der Waals surface area (Å²) in [5.41, 5.74) is 1.04. The van der Waals surface area contributed by atoms with Gasteiger partial charge in [0.1, 0.15) is 0 Å². The van der Waals surface area contributed by atoms with Crippen LogP contribution in [0.15, 0.2) is 42.0 Å². The highest BCUT2D eigenvalue weighted by atomic mass is 32.1. The van der Waals surface area contributed by atoms with Gasteiger partial charge in [0.05, 0.1) is 6.04 Å². The van der Waals surface area contributed by atoms with Crippen molar-refractivity contribution in [2.24, 2.45) is 0 Å². The van der Waals surface area contributed by atoms with E-state index in [4.69, 9.17) is 0 Å². The molecule has 6 nitrogen and oxygen atoms in total. The number of hydrogen-bond acceptors (Lipinski definition) is 5. The van der Waals surface area contributed by atoms with E-state index in [1.807, 2.05) is 25.5 Å². The Labute approximate surface area is 132 Å². The number of hydrogen-bond donors (Lipinski definition) is 1. The molecule has 0 unspecified atom stereocenters. The van der Waals surface area contributed by atoms with Gasteiger partial charge in [0.25, 0.3) is 5.91 Å². The van der Waals surface area contributed by atoms with Gasteiger partial charge in [-0.3, -0.25) is 4.79 Å². The van der Waals surface area contributed by atoms with Crippen LogP contribution < -0.4 is 5.32 Å². The molecule has 0 fully saturated rings. The third-order valence-corrected chi connectivity index (χ3v) is 4.39. The van der Waals surface area contributed by atoms with Gasteiger partial charge in [-0.25, -0.2) is 9.50 Å². The summed E-state index contributed by atoms with van der Waals surface area (Å²) >= 11 is 1.69. The molecule has 114 valence electrons. The number of likely N-dealkylation sites (N-methyl/N-ethyl adjacent to an activating group) is 1. The van der Waals surface area contributed by atoms with E-state index in [1.165, 1.54) is 4.88 Å². The van der Waals surface area contributed by atoms with Crippen LogP contribution >= 0.6 is 11.3 Å². The molecular formula is C15H17N5OS. The molecule has 1 amide bonds. The first kappa shape index (κ1) is 14.7. The second kappa shape index (κ2) is 6.25. The van der Waals surface area contributed by atoms with Gasteiger partial charge in [-0.1, -0.05) is 6.07 Å². The fourth-order valence-corrected chi connectivity index (χ4v) is 3.16. The summed E-state index contributed by atoms with van der Waals surface area (Å²) in [5.74, 6) is -0.186. The SMILES string of the molecule is CN(C)[C@H](CNC(=O)c1cc2ncccn2n1)c1cccs1. The van der Waals surface area contributed by atoms with Crippen molar-refractivity contribution < 1.29 is 4.79 Å². The molecule has 22 heavy (non-hydrogen) atoms. The number of carbonyl (C=O) groups is 1. The summed E-state index contributed by atoms with van der Waals surface area (Å²) in [4.78, 5) is 19.8. The number of fused-ring (bicyclic) bond motifs is 1. The molecule has 0 saturated heterocycles. The number of nitrogens with zero attached hydrogens (tertiary/aromatic N) is 4. The fraction of sp³-hybridized carbons (Fsp3) is 0.267. The molecule has 3 aromatic heterocycles. The van der Waals surface area contributed by atoms with Gasteiger partial charge in [0, 0.05) is 29.9 Å². The summed E-state index contributed by atoms with van der Waals surface area (Å²) in [6.45, 7) is 0.535. The van der Waals surface area contributed by atoms with Crippen LogP contribution in [0.5, 0.6) is 0 Å². The maximum Gasteiger partial charge on any atom is 0.271 e. The molecular weight excluding hydrogens is 298 g/mol. The number of aromatic nitrogens is 3. The van der Waals surface area contributed by atoms with E-state index in [2.05, 4.69) is 26.4 Å². The predicted octanol–water partition coefficient (Wildman–Crippen LogP) is 1.82. The first-order valence-electron chi connectivity index (χ1n) is 6.93. The van der Waals surface area contributed by atoms with Crippen LogP contribution in [0.4, 0.5) is 0 Å². The van der Waals surface area contributed by atoms with Crippen molar-refractivity contribution in [3.63, 3.8) is 0 Å². The standard InChI is InChI=1S/C15H17N5OS/c1-19(2)12(13-5-3-8-22-13)10-17-15(21)11-9-14-16-6-4-7-20(14)18-11/h3-9,12H,10H2,1-2H3,(H,17,21)/t12-/m1/s1. The van der Waals surface area contributed by atoms with E-state index >= 15 is 0 Å². The molecule has 0 aromatic carbocycles. The number of amides is 1. The van der Waals surface area contributed by atoms with Crippen molar-refractivity contribution >= 4 is 22.9 Å². The summed E-state index contributed by atoms with van der Waals surface area (Å²) in [5, 5.41) is 9.22. The molecule has 0 aliphatic heterocycles. The van der Waals surface area contributed by atoms with Gasteiger partial charge < -0.3 is 10.2 Å². The smallest absolute Gasteiger partial charge is 0.271 e. The highest BCUT2D eigenvalue weighted by Gasteiger charge is 2.18. The normalized spacial score (nSPS) is 12.7. The minimum atomic E-state index is -0.186. The van der Waals surface area contributed by atoms with Crippen LogP contribution in [-0.2, 0) is 0 Å². The van der Waals surface area contributed by atoms with Crippen LogP contribution in [0, 0.1) is 0 Å². The van der Waals surface area contributed by atoms with E-state index in [9.17, 15) is 4.79 Å². The lowest BCUT2D eigenvalue weighted by molar-refractivity contribution is 0.0937. The van der Waals surface area contributed by atoms with Crippen LogP contribution in [0.2, 0.25) is 0 Å². The zero-order chi connectivity index (χ0) is 15.5. The Hall–Kier alpha value is -2.25. The van der Waals surface area contributed by atoms with Crippen molar-refractivity contribution in [2.75, 3.05) is 20.6 Å². The van der Waals surface area contributed by atoms with Gasteiger partial charge in [-0.2, -0.15) is 5.10 Å². The second-order valence-corrected chi connectivity index (χ2v) is 6.14. The largest absolute Gasteiger partial charge is 0.349 e. The van der Waals surface area contributed by atoms with Crippen LogP contribution in [-0.4, -0.2) is 46.0 Å². The summed E-state index contributed by atoms with van der Waals surface area (Å²) < 4.78 is 1.59. The van der Waals surface area contributed by atoms with Crippen LogP contribution in [0.3, 0.4) is 0 Å². The van der Waals surface area contributed by atoms with Crippen molar-refractivity contribution in [3.05, 3.63) is 52.6 Å². The van der Waals surface area contributed by atoms with E-state index in [0.717, 1.165) is 0 Å². The lowest BCUT2D eigenvalue weighted by Gasteiger charge is -2.23. The lowest BCUT2D eigenvalue weighted by Crippen LogP contribution is -2.34. The van der Waals surface area contributed by atoms with Gasteiger partial charge in [-0.05, 0) is 31.6 Å². The molecule has 3 heterocycles.